The molecule has 36 heavy (non-hydrogen) atoms. The zero-order valence-electron chi connectivity index (χ0n) is 20.3. The standard InChI is InChI=1S/C29H28N4O2S/c1-19-11-12-20(2)23(18-19)31-26(34)15-17-33-28(27(32-29(33)36)22-10-6-7-16-30-22)25-14-13-24(35-25)21-8-4-3-5-9-21/h3-14,16,18,27-28H,15,17H2,1-2H3,(H,31,34)(H,32,36). The first-order valence-electron chi connectivity index (χ1n) is 12.0. The maximum atomic E-state index is 12.9. The zero-order chi connectivity index (χ0) is 25.1. The number of anilines is 1. The lowest BCUT2D eigenvalue weighted by molar-refractivity contribution is -0.116. The minimum atomic E-state index is -0.238. The molecule has 1 fully saturated rings. The van der Waals surface area contributed by atoms with E-state index in [1.165, 1.54) is 0 Å². The lowest BCUT2D eigenvalue weighted by Crippen LogP contribution is -2.32. The quantitative estimate of drug-likeness (QED) is 0.308. The van der Waals surface area contributed by atoms with E-state index < -0.39 is 0 Å². The molecule has 2 aromatic heterocycles. The van der Waals surface area contributed by atoms with Crippen molar-refractivity contribution in [1.29, 1.82) is 0 Å². The summed E-state index contributed by atoms with van der Waals surface area (Å²) >= 11 is 5.73. The number of hydrogen-bond acceptors (Lipinski definition) is 4. The van der Waals surface area contributed by atoms with E-state index in [-0.39, 0.29) is 24.4 Å². The van der Waals surface area contributed by atoms with Gasteiger partial charge in [-0.05, 0) is 67.5 Å². The Kier molecular flexibility index (Phi) is 6.82. The number of hydrogen-bond donors (Lipinski definition) is 2. The third kappa shape index (κ3) is 5.02. The second-order valence-corrected chi connectivity index (χ2v) is 9.39. The van der Waals surface area contributed by atoms with Gasteiger partial charge in [0.1, 0.15) is 17.6 Å². The van der Waals surface area contributed by atoms with Crippen LogP contribution in [0.3, 0.4) is 0 Å². The number of nitrogens with one attached hydrogen (secondary N) is 2. The highest BCUT2D eigenvalue weighted by atomic mass is 32.1. The number of rotatable bonds is 7. The van der Waals surface area contributed by atoms with Gasteiger partial charge in [0, 0.05) is 30.4 Å². The number of carbonyl (C=O) groups is 1. The van der Waals surface area contributed by atoms with E-state index >= 15 is 0 Å². The Morgan fingerprint density at radius 3 is 2.64 bits per heavy atom. The summed E-state index contributed by atoms with van der Waals surface area (Å²) in [5.41, 5.74) is 4.84. The molecule has 6 nitrogen and oxygen atoms in total. The fraction of sp³-hybridized carbons (Fsp3) is 0.207. The number of benzene rings is 2. The van der Waals surface area contributed by atoms with Gasteiger partial charge in [0.2, 0.25) is 5.91 Å². The van der Waals surface area contributed by atoms with Gasteiger partial charge in [-0.25, -0.2) is 0 Å². The Labute approximate surface area is 216 Å². The van der Waals surface area contributed by atoms with Crippen LogP contribution >= 0.6 is 12.2 Å². The first-order chi connectivity index (χ1) is 17.5. The normalized spacial score (nSPS) is 17.2. The number of thiocarbonyl (C=S) groups is 1. The van der Waals surface area contributed by atoms with Crippen molar-refractivity contribution in [2.45, 2.75) is 32.4 Å². The SMILES string of the molecule is Cc1ccc(C)c(NC(=O)CCN2C(=S)NC(c3ccccn3)C2c2ccc(-c3ccccc3)o2)c1. The maximum Gasteiger partial charge on any atom is 0.226 e. The molecule has 2 unspecified atom stereocenters. The van der Waals surface area contributed by atoms with Crippen LogP contribution in [-0.2, 0) is 4.79 Å². The van der Waals surface area contributed by atoms with E-state index in [0.717, 1.165) is 39.6 Å². The second-order valence-electron chi connectivity index (χ2n) is 9.00. The Hall–Kier alpha value is -3.97. The average Bonchev–Trinajstić information content (AvgIpc) is 3.50. The average molecular weight is 497 g/mol. The Bertz CT molecular complexity index is 1370. The van der Waals surface area contributed by atoms with Crippen LogP contribution in [-0.4, -0.2) is 27.4 Å². The number of furan rings is 1. The lowest BCUT2D eigenvalue weighted by atomic mass is 10.0. The topological polar surface area (TPSA) is 70.4 Å². The van der Waals surface area contributed by atoms with Gasteiger partial charge in [0.05, 0.1) is 11.7 Å². The van der Waals surface area contributed by atoms with Gasteiger partial charge in [-0.2, -0.15) is 0 Å². The minimum Gasteiger partial charge on any atom is -0.459 e. The number of nitrogens with zero attached hydrogens (tertiary/aromatic N) is 2. The Morgan fingerprint density at radius 1 is 1.06 bits per heavy atom. The van der Waals surface area contributed by atoms with Crippen molar-refractivity contribution < 1.29 is 9.21 Å². The van der Waals surface area contributed by atoms with E-state index in [1.54, 1.807) is 6.20 Å². The van der Waals surface area contributed by atoms with Crippen LogP contribution in [0.5, 0.6) is 0 Å². The van der Waals surface area contributed by atoms with Crippen LogP contribution in [0.4, 0.5) is 5.69 Å². The second kappa shape index (κ2) is 10.3. The van der Waals surface area contributed by atoms with Crippen molar-refractivity contribution in [2.24, 2.45) is 0 Å². The molecule has 0 aliphatic carbocycles. The highest BCUT2D eigenvalue weighted by Crippen LogP contribution is 2.40. The molecule has 1 amide bonds. The summed E-state index contributed by atoms with van der Waals surface area (Å²) in [7, 11) is 0. The van der Waals surface area contributed by atoms with Crippen LogP contribution in [0.1, 0.15) is 41.1 Å². The molecule has 1 aliphatic heterocycles. The minimum absolute atomic E-state index is 0.0593. The number of aryl methyl sites for hydroxylation is 2. The number of aromatic nitrogens is 1. The van der Waals surface area contributed by atoms with E-state index in [9.17, 15) is 4.79 Å². The summed E-state index contributed by atoms with van der Waals surface area (Å²) in [6.45, 7) is 4.44. The van der Waals surface area contributed by atoms with Gasteiger partial charge in [0.15, 0.2) is 5.11 Å². The molecule has 3 heterocycles. The molecule has 1 saturated heterocycles. The van der Waals surface area contributed by atoms with Crippen molar-refractivity contribution in [2.75, 3.05) is 11.9 Å². The molecule has 0 bridgehead atoms. The van der Waals surface area contributed by atoms with Crippen molar-refractivity contribution in [1.82, 2.24) is 15.2 Å². The van der Waals surface area contributed by atoms with Crippen LogP contribution in [0.25, 0.3) is 11.3 Å². The zero-order valence-corrected chi connectivity index (χ0v) is 21.1. The third-order valence-electron chi connectivity index (χ3n) is 6.42. The van der Waals surface area contributed by atoms with E-state index in [1.807, 2.05) is 97.6 Å². The van der Waals surface area contributed by atoms with E-state index in [0.29, 0.717) is 11.7 Å². The molecule has 2 aromatic carbocycles. The largest absolute Gasteiger partial charge is 0.459 e. The fourth-order valence-corrected chi connectivity index (χ4v) is 4.86. The molecule has 2 N–H and O–H groups in total. The van der Waals surface area contributed by atoms with Gasteiger partial charge >= 0.3 is 0 Å². The smallest absolute Gasteiger partial charge is 0.226 e. The van der Waals surface area contributed by atoms with Crippen molar-refractivity contribution in [3.8, 4) is 11.3 Å². The first-order valence-corrected chi connectivity index (χ1v) is 12.4. The van der Waals surface area contributed by atoms with Crippen molar-refractivity contribution in [3.63, 3.8) is 0 Å². The summed E-state index contributed by atoms with van der Waals surface area (Å²) in [5.74, 6) is 1.50. The molecule has 0 spiro atoms. The first kappa shape index (κ1) is 23.8. The molecule has 182 valence electrons. The third-order valence-corrected chi connectivity index (χ3v) is 6.77. The summed E-state index contributed by atoms with van der Waals surface area (Å²) < 4.78 is 6.35. The van der Waals surface area contributed by atoms with Crippen molar-refractivity contribution >= 4 is 28.9 Å². The van der Waals surface area contributed by atoms with Crippen LogP contribution < -0.4 is 10.6 Å². The van der Waals surface area contributed by atoms with Crippen LogP contribution in [0.2, 0.25) is 0 Å². The summed E-state index contributed by atoms with van der Waals surface area (Å²) in [6.07, 6.45) is 2.06. The van der Waals surface area contributed by atoms with Crippen LogP contribution in [0.15, 0.2) is 89.5 Å². The monoisotopic (exact) mass is 496 g/mol. The summed E-state index contributed by atoms with van der Waals surface area (Å²) in [6, 6.07) is 25.4. The summed E-state index contributed by atoms with van der Waals surface area (Å²) in [4.78, 5) is 19.5. The molecular formula is C29H28N4O2S. The van der Waals surface area contributed by atoms with Crippen molar-refractivity contribution in [3.05, 3.63) is 108 Å². The maximum absolute atomic E-state index is 12.9. The number of pyridine rings is 1. The van der Waals surface area contributed by atoms with Gasteiger partial charge in [0.25, 0.3) is 0 Å². The molecule has 1 aliphatic rings. The molecule has 0 radical (unpaired) electrons. The fourth-order valence-electron chi connectivity index (χ4n) is 4.53. The Balaban J connectivity index is 1.39. The summed E-state index contributed by atoms with van der Waals surface area (Å²) in [5, 5.41) is 7.04. The van der Waals surface area contributed by atoms with Gasteiger partial charge in [-0.1, -0.05) is 48.5 Å². The van der Waals surface area contributed by atoms with Crippen LogP contribution in [0, 0.1) is 13.8 Å². The predicted molar refractivity (Wildman–Crippen MR) is 145 cm³/mol. The number of amides is 1. The van der Waals surface area contributed by atoms with Gasteiger partial charge < -0.3 is 20.0 Å². The highest BCUT2D eigenvalue weighted by Gasteiger charge is 2.41. The molecular weight excluding hydrogens is 468 g/mol. The van der Waals surface area contributed by atoms with E-state index in [2.05, 4.69) is 15.6 Å². The lowest BCUT2D eigenvalue weighted by Gasteiger charge is -2.26. The molecule has 2 atom stereocenters. The molecule has 7 heteroatoms. The van der Waals surface area contributed by atoms with Gasteiger partial charge in [-0.3, -0.25) is 9.78 Å². The predicted octanol–water partition coefficient (Wildman–Crippen LogP) is 5.96. The molecule has 0 saturated carbocycles. The highest BCUT2D eigenvalue weighted by molar-refractivity contribution is 7.80. The Morgan fingerprint density at radius 2 is 1.86 bits per heavy atom. The van der Waals surface area contributed by atoms with E-state index in [4.69, 9.17) is 16.6 Å². The number of carbonyl (C=O) groups excluding carboxylic acids is 1. The van der Waals surface area contributed by atoms with Gasteiger partial charge in [-0.15, -0.1) is 0 Å². The molecule has 4 aromatic rings. The molecule has 5 rings (SSSR count).